The van der Waals surface area contributed by atoms with Gasteiger partial charge in [-0.1, -0.05) is 18.2 Å². The topological polar surface area (TPSA) is 118 Å². The lowest BCUT2D eigenvalue weighted by Gasteiger charge is -2.22. The van der Waals surface area contributed by atoms with E-state index in [0.717, 1.165) is 16.9 Å². The number of carboxylic acids is 2. The molecule has 11 heteroatoms. The van der Waals surface area contributed by atoms with Crippen LogP contribution >= 0.6 is 27.3 Å². The summed E-state index contributed by atoms with van der Waals surface area (Å²) in [5.41, 5.74) is 4.64. The average molecular weight is 523 g/mol. The number of aromatic carboxylic acids is 1. The number of nitrogens with one attached hydrogen (secondary N) is 1. The van der Waals surface area contributed by atoms with Crippen LogP contribution < -0.4 is 15.0 Å². The zero-order valence-electron chi connectivity index (χ0n) is 16.8. The normalized spacial score (nSPS) is 19.4. The van der Waals surface area contributed by atoms with Crippen molar-refractivity contribution in [3.63, 3.8) is 0 Å². The van der Waals surface area contributed by atoms with E-state index in [4.69, 9.17) is 19.5 Å². The molecule has 2 atom stereocenters. The minimum absolute atomic E-state index is 0.00483. The van der Waals surface area contributed by atoms with E-state index in [1.54, 1.807) is 17.2 Å². The van der Waals surface area contributed by atoms with Gasteiger partial charge in [0.15, 0.2) is 17.2 Å². The van der Waals surface area contributed by atoms with Gasteiger partial charge in [0.05, 0.1) is 21.4 Å². The summed E-state index contributed by atoms with van der Waals surface area (Å²) < 4.78 is 11.6. The molecule has 0 saturated carbocycles. The lowest BCUT2D eigenvalue weighted by molar-refractivity contribution is -0.139. The fourth-order valence-electron chi connectivity index (χ4n) is 3.26. The molecule has 9 nitrogen and oxygen atoms in total. The Morgan fingerprint density at radius 2 is 2.12 bits per heavy atom. The molecule has 0 aliphatic carbocycles. The zero-order chi connectivity index (χ0) is 22.8. The lowest BCUT2D eigenvalue weighted by atomic mass is 10.0. The second kappa shape index (κ2) is 9.33. The van der Waals surface area contributed by atoms with Crippen molar-refractivity contribution < 1.29 is 34.2 Å². The van der Waals surface area contributed by atoms with Gasteiger partial charge < -0.3 is 19.7 Å². The molecular formula is C21H19BrN2O7S. The molecule has 1 fully saturated rings. The SMILES string of the molecule is CC1NON2C=CC(COc3cccc(-c4sc(C(=O)O)c(OCC(=O)O)c4Br)c3)=CC12. The van der Waals surface area contributed by atoms with E-state index in [1.165, 1.54) is 0 Å². The molecule has 0 radical (unpaired) electrons. The summed E-state index contributed by atoms with van der Waals surface area (Å²) >= 11 is 4.36. The first-order valence-electron chi connectivity index (χ1n) is 9.56. The van der Waals surface area contributed by atoms with Gasteiger partial charge in [0.1, 0.15) is 12.4 Å². The highest BCUT2D eigenvalue weighted by molar-refractivity contribution is 9.10. The van der Waals surface area contributed by atoms with E-state index in [0.29, 0.717) is 27.3 Å². The fourth-order valence-corrected chi connectivity index (χ4v) is 5.15. The number of fused-ring (bicyclic) bond motifs is 1. The maximum Gasteiger partial charge on any atom is 0.349 e. The monoisotopic (exact) mass is 522 g/mol. The van der Waals surface area contributed by atoms with Crippen LogP contribution in [0.5, 0.6) is 11.5 Å². The van der Waals surface area contributed by atoms with E-state index < -0.39 is 18.5 Å². The Bertz CT molecular complexity index is 1110. The average Bonchev–Trinajstić information content (AvgIpc) is 3.30. The second-order valence-corrected chi connectivity index (χ2v) is 8.93. The number of hydrogen-bond acceptors (Lipinski definition) is 8. The van der Waals surface area contributed by atoms with Crippen LogP contribution in [0.2, 0.25) is 0 Å². The van der Waals surface area contributed by atoms with Crippen LogP contribution in [0.15, 0.2) is 52.7 Å². The Hall–Kier alpha value is -2.86. The number of thiophene rings is 1. The summed E-state index contributed by atoms with van der Waals surface area (Å²) in [4.78, 5) is 28.3. The van der Waals surface area contributed by atoms with Crippen molar-refractivity contribution in [2.24, 2.45) is 0 Å². The number of hydrogen-bond donors (Lipinski definition) is 3. The number of nitrogens with zero attached hydrogens (tertiary/aromatic N) is 1. The Morgan fingerprint density at radius 1 is 1.31 bits per heavy atom. The Balaban J connectivity index is 1.52. The van der Waals surface area contributed by atoms with Crippen LogP contribution in [0.3, 0.4) is 0 Å². The van der Waals surface area contributed by atoms with Gasteiger partial charge in [-0.25, -0.2) is 14.7 Å². The van der Waals surface area contributed by atoms with Crippen LogP contribution in [0.4, 0.5) is 0 Å². The van der Waals surface area contributed by atoms with Gasteiger partial charge in [-0.3, -0.25) is 0 Å². The molecule has 0 spiro atoms. The first-order valence-corrected chi connectivity index (χ1v) is 11.2. The van der Waals surface area contributed by atoms with E-state index >= 15 is 0 Å². The van der Waals surface area contributed by atoms with E-state index in [-0.39, 0.29) is 22.7 Å². The molecule has 32 heavy (non-hydrogen) atoms. The summed E-state index contributed by atoms with van der Waals surface area (Å²) in [7, 11) is 0. The third-order valence-corrected chi connectivity index (χ3v) is 7.04. The minimum Gasteiger partial charge on any atom is -0.489 e. The number of carboxylic acid groups (broad SMARTS) is 2. The van der Waals surface area contributed by atoms with Gasteiger partial charge >= 0.3 is 11.9 Å². The van der Waals surface area contributed by atoms with Gasteiger partial charge in [-0.2, -0.15) is 10.4 Å². The van der Waals surface area contributed by atoms with E-state index in [1.807, 2.05) is 31.3 Å². The van der Waals surface area contributed by atoms with Crippen molar-refractivity contribution >= 4 is 39.2 Å². The summed E-state index contributed by atoms with van der Waals surface area (Å²) in [6.45, 7) is 1.75. The smallest absolute Gasteiger partial charge is 0.349 e. The third-order valence-electron chi connectivity index (χ3n) is 4.82. The first kappa shape index (κ1) is 22.3. The van der Waals surface area contributed by atoms with Crippen LogP contribution in [0.25, 0.3) is 10.4 Å². The quantitative estimate of drug-likeness (QED) is 0.476. The Labute approximate surface area is 195 Å². The molecular weight excluding hydrogens is 504 g/mol. The fraction of sp³-hybridized carbons (Fsp3) is 0.238. The van der Waals surface area contributed by atoms with Gasteiger partial charge in [-0.05, 0) is 52.2 Å². The summed E-state index contributed by atoms with van der Waals surface area (Å²) in [6.07, 6.45) is 5.85. The van der Waals surface area contributed by atoms with Crippen LogP contribution in [0.1, 0.15) is 16.6 Å². The van der Waals surface area contributed by atoms with Crippen molar-refractivity contribution in [1.82, 2.24) is 10.5 Å². The van der Waals surface area contributed by atoms with Crippen molar-refractivity contribution in [3.8, 4) is 21.9 Å². The van der Waals surface area contributed by atoms with E-state index in [2.05, 4.69) is 27.5 Å². The van der Waals surface area contributed by atoms with Crippen molar-refractivity contribution in [2.45, 2.75) is 19.0 Å². The van der Waals surface area contributed by atoms with Gasteiger partial charge in [0.25, 0.3) is 0 Å². The number of hydroxylamine groups is 3. The third kappa shape index (κ3) is 4.65. The molecule has 1 aromatic carbocycles. The standard InChI is InChI=1S/C21H19BrN2O7S/c1-11-15-7-12(5-6-24(15)31-23-11)9-29-14-4-2-3-13(8-14)19-17(22)18(30-10-16(25)26)20(32-19)21(27)28/h2-8,11,15,23H,9-10H2,1H3,(H,25,26)(H,27,28). The molecule has 2 aliphatic heterocycles. The lowest BCUT2D eigenvalue weighted by Crippen LogP contribution is -2.31. The predicted molar refractivity (Wildman–Crippen MR) is 120 cm³/mol. The molecule has 1 aromatic heterocycles. The van der Waals surface area contributed by atoms with Crippen LogP contribution in [0, 0.1) is 0 Å². The van der Waals surface area contributed by atoms with E-state index in [9.17, 15) is 14.7 Å². The minimum atomic E-state index is -1.19. The van der Waals surface area contributed by atoms with Crippen LogP contribution in [-0.4, -0.2) is 52.5 Å². The summed E-state index contributed by atoms with van der Waals surface area (Å²) in [5.74, 6) is -1.78. The first-order chi connectivity index (χ1) is 15.3. The molecule has 168 valence electrons. The summed E-state index contributed by atoms with van der Waals surface area (Å²) in [5, 5.41) is 20.1. The van der Waals surface area contributed by atoms with Crippen molar-refractivity contribution in [3.05, 3.63) is 57.5 Å². The predicted octanol–water partition coefficient (Wildman–Crippen LogP) is 3.68. The molecule has 4 rings (SSSR count). The second-order valence-electron chi connectivity index (χ2n) is 7.11. The maximum atomic E-state index is 11.6. The van der Waals surface area contributed by atoms with Crippen molar-refractivity contribution in [1.29, 1.82) is 0 Å². The van der Waals surface area contributed by atoms with Gasteiger partial charge in [0.2, 0.25) is 0 Å². The molecule has 0 amide bonds. The largest absolute Gasteiger partial charge is 0.489 e. The molecule has 3 heterocycles. The number of halogens is 1. The maximum absolute atomic E-state index is 11.6. The van der Waals surface area contributed by atoms with Crippen molar-refractivity contribution in [2.75, 3.05) is 13.2 Å². The molecule has 2 aliphatic rings. The Morgan fingerprint density at radius 3 is 2.88 bits per heavy atom. The Kier molecular flexibility index (Phi) is 6.51. The van der Waals surface area contributed by atoms with Crippen LogP contribution in [-0.2, 0) is 9.73 Å². The molecule has 1 saturated heterocycles. The molecule has 2 aromatic rings. The number of rotatable bonds is 8. The molecule has 0 bridgehead atoms. The summed E-state index contributed by atoms with van der Waals surface area (Å²) in [6, 6.07) is 7.47. The number of ether oxygens (including phenoxy) is 2. The number of aliphatic carboxylic acids is 1. The highest BCUT2D eigenvalue weighted by Gasteiger charge is 2.31. The van der Waals surface area contributed by atoms with Gasteiger partial charge in [0, 0.05) is 6.20 Å². The zero-order valence-corrected chi connectivity index (χ0v) is 19.2. The highest BCUT2D eigenvalue weighted by atomic mass is 79.9. The molecule has 3 N–H and O–H groups in total. The van der Waals surface area contributed by atoms with Gasteiger partial charge in [-0.15, -0.1) is 11.3 Å². The highest BCUT2D eigenvalue weighted by Crippen LogP contribution is 2.46. The number of benzene rings is 1. The number of carbonyl (C=O) groups is 2. The molecule has 2 unspecified atom stereocenters.